The highest BCUT2D eigenvalue weighted by atomic mass is 32.2. The van der Waals surface area contributed by atoms with Crippen molar-refractivity contribution in [1.29, 1.82) is 0 Å². The Labute approximate surface area is 748 Å². The molecule has 14 nitrogen and oxygen atoms in total. The predicted octanol–water partition coefficient (Wildman–Crippen LogP) is 23.3. The molecule has 20 atom stereocenters. The standard InChI is InChI=1S/C108H136N2O12S2/c1-73(87-53-55-89-85-51-49-81-69-83(59-63-103(81,9)91(85)61-65-105(87,89)11)119-97(113)93(109-99(115)121-101(3,4)5)71-123-107(75-35-21-15-22-36-75,76-37-23-16-24-38-76)77-39-25-17-26-40-77)47-57-95(111)117-67-33-13-14-34-68-118-96(112)58-48-74(2)88-54-56-90-86-52-50-82-70-84(60-64-104(82,10)92(86)62-66-106(88,90)12)120-98(114)94(110-100(116)122-102(6,7)8)72-124-108(78-41-27-18-28-42-78,79-43-29-19-30-44-79)80-45-31-20-32-46-80/h15-32,35-46,73-74,81-94H,47-72H2,1-12H3,(H,109,115)(H,110,116)/t73-,74-,81-,82-,83-,84-,85+,86+,87-,88-,89+,90+,91+,92+,93?,94?,103+,104+,105-,106-/m1/s1. The maximum absolute atomic E-state index is 14.8. The van der Waals surface area contributed by atoms with Gasteiger partial charge in [0.2, 0.25) is 0 Å². The van der Waals surface area contributed by atoms with Gasteiger partial charge in [0.25, 0.3) is 0 Å². The first-order chi connectivity index (χ1) is 59.4. The second kappa shape index (κ2) is 39.4. The normalized spacial score (nSPS) is 29.1. The number of nitrogens with one attached hydrogen (secondary N) is 2. The number of hydrogen-bond acceptors (Lipinski definition) is 14. The average molecular weight is 1720 g/mol. The monoisotopic (exact) mass is 1720 g/mol. The van der Waals surface area contributed by atoms with Crippen LogP contribution in [-0.2, 0) is 57.1 Å². The maximum Gasteiger partial charge on any atom is 0.408 e. The fraction of sp³-hybridized carbons (Fsp3) is 0.574. The Kier molecular flexibility index (Phi) is 29.2. The number of benzene rings is 6. The van der Waals surface area contributed by atoms with Crippen molar-refractivity contribution in [2.75, 3.05) is 24.7 Å². The summed E-state index contributed by atoms with van der Waals surface area (Å²) in [6, 6.07) is 60.4. The second-order valence-corrected chi connectivity index (χ2v) is 43.4. The number of hydrogen-bond donors (Lipinski definition) is 2. The zero-order valence-corrected chi connectivity index (χ0v) is 77.3. The van der Waals surface area contributed by atoms with E-state index in [-0.39, 0.29) is 70.5 Å². The number of ether oxygens (including phenoxy) is 6. The van der Waals surface area contributed by atoms with Gasteiger partial charge in [-0.1, -0.05) is 224 Å². The summed E-state index contributed by atoms with van der Waals surface area (Å²) in [6.45, 7) is 25.8. The van der Waals surface area contributed by atoms with Gasteiger partial charge in [-0.05, 0) is 320 Å². The van der Waals surface area contributed by atoms with E-state index in [0.717, 1.165) is 97.6 Å². The van der Waals surface area contributed by atoms with E-state index in [0.29, 0.717) is 83.9 Å². The summed E-state index contributed by atoms with van der Waals surface area (Å²) < 4.78 is 34.6. The summed E-state index contributed by atoms with van der Waals surface area (Å²) in [5, 5.41) is 5.97. The largest absolute Gasteiger partial charge is 0.461 e. The minimum atomic E-state index is -0.969. The fourth-order valence-electron chi connectivity index (χ4n) is 25.9. The van der Waals surface area contributed by atoms with E-state index in [2.05, 4.69) is 221 Å². The molecule has 0 spiro atoms. The lowest BCUT2D eigenvalue weighted by molar-refractivity contribution is -0.164. The van der Waals surface area contributed by atoms with Gasteiger partial charge in [0, 0.05) is 24.3 Å². The number of fused-ring (bicyclic) bond motifs is 10. The molecule has 0 heterocycles. The van der Waals surface area contributed by atoms with E-state index >= 15 is 0 Å². The third kappa shape index (κ3) is 20.2. The van der Waals surface area contributed by atoms with Crippen molar-refractivity contribution in [3.8, 4) is 23.7 Å². The van der Waals surface area contributed by atoms with E-state index in [4.69, 9.17) is 28.4 Å². The number of amides is 2. The van der Waals surface area contributed by atoms with Gasteiger partial charge in [-0.25, -0.2) is 19.2 Å². The number of esters is 4. The molecule has 2 unspecified atom stereocenters. The summed E-state index contributed by atoms with van der Waals surface area (Å²) in [5.41, 5.74) is 5.61. The van der Waals surface area contributed by atoms with Crippen molar-refractivity contribution in [2.24, 2.45) is 92.7 Å². The highest BCUT2D eigenvalue weighted by Crippen LogP contribution is 2.71. The number of thioether (sulfide) groups is 2. The molecule has 0 aromatic heterocycles. The van der Waals surface area contributed by atoms with Crippen molar-refractivity contribution in [3.63, 3.8) is 0 Å². The number of carbonyl (C=O) groups excluding carboxylic acids is 6. The van der Waals surface area contributed by atoms with Crippen LogP contribution < -0.4 is 10.6 Å². The van der Waals surface area contributed by atoms with Crippen LogP contribution in [0.2, 0.25) is 0 Å². The van der Waals surface area contributed by atoms with Crippen LogP contribution in [0.1, 0.15) is 258 Å². The van der Waals surface area contributed by atoms with Crippen LogP contribution in [0.15, 0.2) is 182 Å². The second-order valence-electron chi connectivity index (χ2n) is 41.0. The van der Waals surface area contributed by atoms with Crippen molar-refractivity contribution >= 4 is 59.6 Å². The fourth-order valence-corrected chi connectivity index (χ4v) is 29.0. The van der Waals surface area contributed by atoms with Gasteiger partial charge < -0.3 is 39.1 Å². The molecule has 8 aliphatic rings. The van der Waals surface area contributed by atoms with Gasteiger partial charge in [0.1, 0.15) is 35.5 Å². The molecule has 16 heteroatoms. The van der Waals surface area contributed by atoms with Crippen LogP contribution in [-0.4, -0.2) is 96.3 Å². The van der Waals surface area contributed by atoms with E-state index in [9.17, 15) is 28.8 Å². The van der Waals surface area contributed by atoms with Crippen molar-refractivity contribution in [3.05, 3.63) is 215 Å². The van der Waals surface area contributed by atoms with Crippen molar-refractivity contribution in [2.45, 2.75) is 269 Å². The summed E-state index contributed by atoms with van der Waals surface area (Å²) in [4.78, 5) is 83.4. The van der Waals surface area contributed by atoms with Gasteiger partial charge in [0.05, 0.1) is 9.49 Å². The lowest BCUT2D eigenvalue weighted by Gasteiger charge is -2.61. The Morgan fingerprint density at radius 1 is 0.395 bits per heavy atom. The van der Waals surface area contributed by atoms with Crippen molar-refractivity contribution < 1.29 is 57.2 Å². The molecule has 0 aliphatic heterocycles. The Balaban J connectivity index is 0.500. The molecule has 0 bridgehead atoms. The average Bonchev–Trinajstić information content (AvgIpc) is 1.39. The molecular formula is C108H136N2O12S2. The zero-order valence-electron chi connectivity index (χ0n) is 75.7. The van der Waals surface area contributed by atoms with Crippen LogP contribution in [0.4, 0.5) is 9.59 Å². The first-order valence-electron chi connectivity index (χ1n) is 46.7. The highest BCUT2D eigenvalue weighted by molar-refractivity contribution is 8.01. The molecule has 8 aliphatic carbocycles. The molecule has 6 aromatic rings. The van der Waals surface area contributed by atoms with Gasteiger partial charge in [-0.2, -0.15) is 0 Å². The third-order valence-electron chi connectivity index (χ3n) is 31.7. The quantitative estimate of drug-likeness (QED) is 0.0205. The number of rotatable bonds is 28. The Morgan fingerprint density at radius 2 is 0.694 bits per heavy atom. The Bertz CT molecular complexity index is 4250. The SMILES string of the molecule is C[C@H](CCC(=O)OCC#CC#CCOC(=O)CC[C@@H](C)[C@H]1CC[C@H]2[C@@H]3CC[C@@H]4C[C@H](OC(=O)C(CSC(c5ccccc5)(c5ccccc5)c5ccccc5)NC(=O)OC(C)(C)C)CC[C@]4(C)[C@H]3CC[C@]12C)[C@H]1CC[C@H]2[C@@H]3CC[C@@H]4C[C@H](OC(=O)C(CSC(c5ccccc5)(c5ccccc5)c5ccccc5)NC(=O)OC(C)(C)C)CC[C@]4(C)[C@H]3CC[C@]12C. The van der Waals surface area contributed by atoms with Gasteiger partial charge in [0.15, 0.2) is 13.2 Å². The van der Waals surface area contributed by atoms with E-state index in [1.165, 1.54) is 64.2 Å². The summed E-state index contributed by atoms with van der Waals surface area (Å²) in [7, 11) is 0. The Morgan fingerprint density at radius 3 is 1.00 bits per heavy atom. The minimum absolute atomic E-state index is 0.0370. The first-order valence-corrected chi connectivity index (χ1v) is 48.7. The predicted molar refractivity (Wildman–Crippen MR) is 494 cm³/mol. The summed E-state index contributed by atoms with van der Waals surface area (Å²) in [6.07, 6.45) is 19.9. The topological polar surface area (TPSA) is 182 Å². The van der Waals surface area contributed by atoms with Crippen LogP contribution in [0.3, 0.4) is 0 Å². The summed E-state index contributed by atoms with van der Waals surface area (Å²) in [5.74, 6) is 17.0. The highest BCUT2D eigenvalue weighted by Gasteiger charge is 2.63. The van der Waals surface area contributed by atoms with Gasteiger partial charge in [-0.15, -0.1) is 23.5 Å². The Hall–Kier alpha value is -8.44. The van der Waals surface area contributed by atoms with E-state index < -0.39 is 56.9 Å². The number of alkyl carbamates (subject to hydrolysis) is 2. The zero-order chi connectivity index (χ0) is 87.7. The van der Waals surface area contributed by atoms with Crippen LogP contribution in [0.5, 0.6) is 0 Å². The first kappa shape index (κ1) is 91.8. The molecule has 124 heavy (non-hydrogen) atoms. The minimum Gasteiger partial charge on any atom is -0.461 e. The van der Waals surface area contributed by atoms with Gasteiger partial charge >= 0.3 is 36.1 Å². The molecular weight excluding hydrogens is 1580 g/mol. The van der Waals surface area contributed by atoms with Crippen LogP contribution in [0, 0.1) is 116 Å². The maximum atomic E-state index is 14.8. The smallest absolute Gasteiger partial charge is 0.408 e. The van der Waals surface area contributed by atoms with Crippen LogP contribution >= 0.6 is 23.5 Å². The molecule has 2 amide bonds. The molecule has 0 radical (unpaired) electrons. The van der Waals surface area contributed by atoms with Crippen molar-refractivity contribution in [1.82, 2.24) is 10.6 Å². The molecule has 2 N–H and O–H groups in total. The molecule has 0 saturated heterocycles. The van der Waals surface area contributed by atoms with E-state index in [1.54, 1.807) is 23.5 Å². The third-order valence-corrected chi connectivity index (χ3v) is 35.0. The lowest BCUT2D eigenvalue weighted by Crippen LogP contribution is -2.54. The molecule has 6 aromatic carbocycles. The number of carbonyl (C=O) groups is 6. The van der Waals surface area contributed by atoms with E-state index in [1.807, 2.05) is 77.9 Å². The molecule has 8 fully saturated rings. The summed E-state index contributed by atoms with van der Waals surface area (Å²) >= 11 is 3.25. The van der Waals surface area contributed by atoms with Gasteiger partial charge in [-0.3, -0.25) is 9.59 Å². The van der Waals surface area contributed by atoms with Crippen LogP contribution in [0.25, 0.3) is 0 Å². The molecule has 14 rings (SSSR count). The molecule has 8 saturated carbocycles. The molecule has 662 valence electrons. The lowest BCUT2D eigenvalue weighted by atomic mass is 9.44.